The van der Waals surface area contributed by atoms with Crippen molar-refractivity contribution >= 4 is 23.2 Å². The number of anilines is 2. The van der Waals surface area contributed by atoms with Crippen molar-refractivity contribution in [1.82, 2.24) is 5.32 Å². The molecule has 3 N–H and O–H groups in total. The van der Waals surface area contributed by atoms with E-state index in [9.17, 15) is 9.59 Å². The summed E-state index contributed by atoms with van der Waals surface area (Å²) in [5, 5.41) is 8.60. The fourth-order valence-electron chi connectivity index (χ4n) is 2.40. The quantitative estimate of drug-likeness (QED) is 0.401. The van der Waals surface area contributed by atoms with Crippen molar-refractivity contribution in [2.24, 2.45) is 0 Å². The van der Waals surface area contributed by atoms with Gasteiger partial charge in [0, 0.05) is 36.7 Å². The highest BCUT2D eigenvalue weighted by molar-refractivity contribution is 5.96. The zero-order valence-corrected chi connectivity index (χ0v) is 16.8. The first-order valence-corrected chi connectivity index (χ1v) is 9.26. The predicted octanol–water partition coefficient (Wildman–Crippen LogP) is 3.07. The van der Waals surface area contributed by atoms with Gasteiger partial charge >= 0.3 is 0 Å². The third kappa shape index (κ3) is 8.06. The molecular formula is C22H27N3O4. The molecule has 2 aromatic rings. The highest BCUT2D eigenvalue weighted by Crippen LogP contribution is 2.18. The average molecular weight is 397 g/mol. The maximum Gasteiger partial charge on any atom is 0.251 e. The third-order valence-corrected chi connectivity index (χ3v) is 3.77. The zero-order valence-electron chi connectivity index (χ0n) is 16.8. The summed E-state index contributed by atoms with van der Waals surface area (Å²) < 4.78 is 10.5. The van der Waals surface area contributed by atoms with E-state index in [-0.39, 0.29) is 18.4 Å². The molecule has 0 radical (unpaired) electrons. The Kier molecular flexibility index (Phi) is 8.72. The van der Waals surface area contributed by atoms with E-state index in [4.69, 9.17) is 9.47 Å². The van der Waals surface area contributed by atoms with E-state index >= 15 is 0 Å². The van der Waals surface area contributed by atoms with Gasteiger partial charge < -0.3 is 25.4 Å². The number of carbonyl (C=O) groups is 2. The van der Waals surface area contributed by atoms with Crippen molar-refractivity contribution in [1.29, 1.82) is 0 Å². The zero-order chi connectivity index (χ0) is 21.1. The number of hydrogen-bond acceptors (Lipinski definition) is 5. The third-order valence-electron chi connectivity index (χ3n) is 3.77. The maximum atomic E-state index is 12.2. The van der Waals surface area contributed by atoms with Crippen molar-refractivity contribution in [2.45, 2.75) is 6.92 Å². The van der Waals surface area contributed by atoms with Crippen LogP contribution in [0.1, 0.15) is 17.3 Å². The Morgan fingerprint density at radius 2 is 1.83 bits per heavy atom. The number of amides is 2. The lowest BCUT2D eigenvalue weighted by atomic mass is 10.2. The Bertz CT molecular complexity index is 851. The van der Waals surface area contributed by atoms with E-state index in [1.807, 2.05) is 19.1 Å². The van der Waals surface area contributed by atoms with Gasteiger partial charge in [-0.25, -0.2) is 0 Å². The average Bonchev–Trinajstić information content (AvgIpc) is 2.71. The van der Waals surface area contributed by atoms with Gasteiger partial charge in [0.1, 0.15) is 12.4 Å². The van der Waals surface area contributed by atoms with Crippen molar-refractivity contribution in [3.8, 4) is 5.75 Å². The van der Waals surface area contributed by atoms with E-state index in [1.54, 1.807) is 43.5 Å². The van der Waals surface area contributed by atoms with Crippen LogP contribution in [0.4, 0.5) is 11.4 Å². The van der Waals surface area contributed by atoms with Crippen molar-refractivity contribution in [3.05, 3.63) is 66.2 Å². The van der Waals surface area contributed by atoms with Gasteiger partial charge in [0.05, 0.1) is 13.2 Å². The number of carbonyl (C=O) groups excluding carboxylic acids is 2. The molecule has 0 fully saturated rings. The summed E-state index contributed by atoms with van der Waals surface area (Å²) in [4.78, 5) is 24.3. The molecule has 0 saturated heterocycles. The van der Waals surface area contributed by atoms with E-state index < -0.39 is 0 Å². The lowest BCUT2D eigenvalue weighted by Gasteiger charge is -2.11. The largest absolute Gasteiger partial charge is 0.489 e. The Labute approximate surface area is 171 Å². The summed E-state index contributed by atoms with van der Waals surface area (Å²) in [5.74, 6) is 0.254. The van der Waals surface area contributed by atoms with Gasteiger partial charge in [-0.2, -0.15) is 0 Å². The van der Waals surface area contributed by atoms with E-state index in [2.05, 4.69) is 22.5 Å². The first-order chi connectivity index (χ1) is 14.0. The van der Waals surface area contributed by atoms with Gasteiger partial charge in [-0.1, -0.05) is 18.7 Å². The molecule has 2 aromatic carbocycles. The van der Waals surface area contributed by atoms with Gasteiger partial charge in [-0.3, -0.25) is 9.59 Å². The molecule has 0 spiro atoms. The van der Waals surface area contributed by atoms with Crippen molar-refractivity contribution in [2.75, 3.05) is 44.0 Å². The highest BCUT2D eigenvalue weighted by atomic mass is 16.5. The molecule has 0 bridgehead atoms. The second-order valence-corrected chi connectivity index (χ2v) is 6.50. The fourth-order valence-corrected chi connectivity index (χ4v) is 2.40. The minimum Gasteiger partial charge on any atom is -0.489 e. The Morgan fingerprint density at radius 1 is 1.07 bits per heavy atom. The molecule has 0 aromatic heterocycles. The second kappa shape index (κ2) is 11.5. The molecule has 2 amide bonds. The summed E-state index contributed by atoms with van der Waals surface area (Å²) in [7, 11) is 1.58. The number of methoxy groups -OCH3 is 1. The Balaban J connectivity index is 1.86. The van der Waals surface area contributed by atoms with E-state index in [0.717, 1.165) is 5.57 Å². The van der Waals surface area contributed by atoms with Crippen LogP contribution in [0.25, 0.3) is 0 Å². The standard InChI is InChI=1S/C22H27N3O4/c1-16(2)15-29-20-9-5-8-19(13-20)25-21(26)14-24-18-7-4-6-17(12-18)22(27)23-10-11-28-3/h4-9,12-13,24H,1,10-11,14-15H2,2-3H3,(H,23,27)(H,25,26). The first kappa shape index (κ1) is 22.0. The lowest BCUT2D eigenvalue weighted by molar-refractivity contribution is -0.114. The fraction of sp³-hybridized carbons (Fsp3) is 0.273. The first-order valence-electron chi connectivity index (χ1n) is 9.26. The summed E-state index contributed by atoms with van der Waals surface area (Å²) in [5.41, 5.74) is 2.74. The highest BCUT2D eigenvalue weighted by Gasteiger charge is 2.07. The van der Waals surface area contributed by atoms with Crippen LogP contribution < -0.4 is 20.7 Å². The molecule has 0 atom stereocenters. The van der Waals surface area contributed by atoms with Gasteiger partial charge in [-0.05, 0) is 42.8 Å². The second-order valence-electron chi connectivity index (χ2n) is 6.50. The van der Waals surface area contributed by atoms with Gasteiger partial charge in [-0.15, -0.1) is 0 Å². The molecular weight excluding hydrogens is 370 g/mol. The van der Waals surface area contributed by atoms with Crippen LogP contribution in [0.3, 0.4) is 0 Å². The van der Waals surface area contributed by atoms with Crippen LogP contribution in [-0.2, 0) is 9.53 Å². The molecule has 0 aliphatic heterocycles. The normalized spacial score (nSPS) is 10.1. The predicted molar refractivity (Wildman–Crippen MR) is 115 cm³/mol. The SMILES string of the molecule is C=C(C)COc1cccc(NC(=O)CNc2cccc(C(=O)NCCOC)c2)c1. The number of nitrogens with one attached hydrogen (secondary N) is 3. The number of ether oxygens (including phenoxy) is 2. The monoisotopic (exact) mass is 397 g/mol. The Hall–Kier alpha value is -3.32. The molecule has 7 heteroatoms. The molecule has 154 valence electrons. The number of hydrogen-bond donors (Lipinski definition) is 3. The van der Waals surface area contributed by atoms with Crippen LogP contribution in [0.2, 0.25) is 0 Å². The molecule has 0 heterocycles. The van der Waals surface area contributed by atoms with Crippen molar-refractivity contribution < 1.29 is 19.1 Å². The molecule has 0 saturated carbocycles. The van der Waals surface area contributed by atoms with E-state index in [0.29, 0.717) is 42.4 Å². The maximum absolute atomic E-state index is 12.2. The minimum atomic E-state index is -0.211. The van der Waals surface area contributed by atoms with Crippen LogP contribution in [0, 0.1) is 0 Å². The van der Waals surface area contributed by atoms with Crippen molar-refractivity contribution in [3.63, 3.8) is 0 Å². The topological polar surface area (TPSA) is 88.7 Å². The number of benzene rings is 2. The van der Waals surface area contributed by atoms with Crippen LogP contribution in [0.5, 0.6) is 5.75 Å². The minimum absolute atomic E-state index is 0.0611. The molecule has 0 aliphatic carbocycles. The van der Waals surface area contributed by atoms with Crippen LogP contribution >= 0.6 is 0 Å². The smallest absolute Gasteiger partial charge is 0.251 e. The summed E-state index contributed by atoms with van der Waals surface area (Å²) in [6.45, 7) is 7.05. The molecule has 29 heavy (non-hydrogen) atoms. The van der Waals surface area contributed by atoms with Gasteiger partial charge in [0.2, 0.25) is 5.91 Å². The molecule has 7 nitrogen and oxygen atoms in total. The van der Waals surface area contributed by atoms with Crippen LogP contribution in [0.15, 0.2) is 60.7 Å². The summed E-state index contributed by atoms with van der Waals surface area (Å²) in [6.07, 6.45) is 0. The van der Waals surface area contributed by atoms with Crippen LogP contribution in [-0.4, -0.2) is 45.2 Å². The van der Waals surface area contributed by atoms with Gasteiger partial charge in [0.25, 0.3) is 5.91 Å². The molecule has 0 unspecified atom stereocenters. The summed E-state index contributed by atoms with van der Waals surface area (Å²) in [6, 6.07) is 14.1. The lowest BCUT2D eigenvalue weighted by Crippen LogP contribution is -2.27. The summed E-state index contributed by atoms with van der Waals surface area (Å²) >= 11 is 0. The Morgan fingerprint density at radius 3 is 2.59 bits per heavy atom. The van der Waals surface area contributed by atoms with E-state index in [1.165, 1.54) is 0 Å². The van der Waals surface area contributed by atoms with Gasteiger partial charge in [0.15, 0.2) is 0 Å². The molecule has 0 aliphatic rings. The molecule has 2 rings (SSSR count). The number of rotatable bonds is 11.